The van der Waals surface area contributed by atoms with E-state index in [9.17, 15) is 0 Å². The van der Waals surface area contributed by atoms with Gasteiger partial charge in [0.15, 0.2) is 0 Å². The molecule has 0 radical (unpaired) electrons. The van der Waals surface area contributed by atoms with Crippen LogP contribution in [0.5, 0.6) is 0 Å². The molecule has 0 N–H and O–H groups in total. The Hall–Kier alpha value is -3.35. The van der Waals surface area contributed by atoms with Gasteiger partial charge in [-0.1, -0.05) is 108 Å². The smallest absolute Gasteiger partial charge is 0.262 e. The third kappa shape index (κ3) is 5.52. The summed E-state index contributed by atoms with van der Waals surface area (Å²) < 4.78 is 9.30. The predicted molar refractivity (Wildman–Crippen MR) is 191 cm³/mol. The Morgan fingerprint density at radius 1 is 0.909 bits per heavy atom. The van der Waals surface area contributed by atoms with E-state index in [4.69, 9.17) is 16.3 Å². The van der Waals surface area contributed by atoms with Crippen molar-refractivity contribution in [1.82, 2.24) is 0 Å². The van der Waals surface area contributed by atoms with Crippen molar-refractivity contribution in [2.24, 2.45) is 0 Å². The van der Waals surface area contributed by atoms with Crippen molar-refractivity contribution in [2.75, 3.05) is 25.2 Å². The largest absolute Gasteiger partial charge is 0.383 e. The second-order valence-corrected chi connectivity index (χ2v) is 13.8. The minimum Gasteiger partial charge on any atom is -0.383 e. The predicted octanol–water partition coefficient (Wildman–Crippen LogP) is 10.6. The molecule has 1 aromatic heterocycles. The monoisotopic (exact) mass is 635 g/mol. The summed E-state index contributed by atoms with van der Waals surface area (Å²) in [4.78, 5) is 3.69. The molecule has 0 saturated heterocycles. The summed E-state index contributed by atoms with van der Waals surface area (Å²) in [5.74, 6) is 0. The number of nitrogens with zero attached hydrogens (tertiary/aromatic N) is 2. The van der Waals surface area contributed by atoms with Crippen molar-refractivity contribution in [3.63, 3.8) is 0 Å². The number of halogens is 1. The van der Waals surface area contributed by atoms with Crippen molar-refractivity contribution in [3.05, 3.63) is 117 Å². The van der Waals surface area contributed by atoms with Crippen LogP contribution in [0.1, 0.15) is 37.6 Å². The molecular formula is C38H36ClN2OS2+. The fourth-order valence-electron chi connectivity index (χ4n) is 6.33. The fraction of sp³-hybridized carbons (Fsp3) is 0.237. The minimum atomic E-state index is 0.669. The van der Waals surface area contributed by atoms with E-state index in [-0.39, 0.29) is 0 Å². The molecule has 7 rings (SSSR count). The topological polar surface area (TPSA) is 16.4 Å². The summed E-state index contributed by atoms with van der Waals surface area (Å²) in [6.07, 6.45) is 13.2. The quantitative estimate of drug-likeness (QED) is 0.158. The van der Waals surface area contributed by atoms with Gasteiger partial charge in [0.2, 0.25) is 5.52 Å². The molecule has 0 unspecified atom stereocenters. The lowest BCUT2D eigenvalue weighted by atomic mass is 9.94. The molecule has 0 spiro atoms. The molecule has 1 aliphatic carbocycles. The fourth-order valence-corrected chi connectivity index (χ4v) is 9.09. The molecule has 44 heavy (non-hydrogen) atoms. The number of hydrogen-bond acceptors (Lipinski definition) is 4. The molecule has 3 nitrogen and oxygen atoms in total. The zero-order valence-electron chi connectivity index (χ0n) is 25.2. The molecule has 6 heteroatoms. The number of anilines is 1. The van der Waals surface area contributed by atoms with E-state index in [0.717, 1.165) is 43.8 Å². The molecule has 0 atom stereocenters. The van der Waals surface area contributed by atoms with Crippen LogP contribution in [0.2, 0.25) is 0 Å². The Morgan fingerprint density at radius 3 is 2.50 bits per heavy atom. The maximum Gasteiger partial charge on any atom is 0.262 e. The first-order valence-corrected chi connectivity index (χ1v) is 17.5. The summed E-state index contributed by atoms with van der Waals surface area (Å²) in [5, 5.41) is 8.57. The lowest BCUT2D eigenvalue weighted by molar-refractivity contribution is -0.668. The minimum absolute atomic E-state index is 0.669. The lowest BCUT2D eigenvalue weighted by Crippen LogP contribution is -2.34. The number of methoxy groups -OCH3 is 1. The lowest BCUT2D eigenvalue weighted by Gasteiger charge is -2.20. The Bertz CT molecular complexity index is 2000. The van der Waals surface area contributed by atoms with E-state index in [1.807, 2.05) is 23.1 Å². The van der Waals surface area contributed by atoms with Gasteiger partial charge >= 0.3 is 0 Å². The van der Waals surface area contributed by atoms with Crippen LogP contribution in [0.3, 0.4) is 0 Å². The summed E-state index contributed by atoms with van der Waals surface area (Å²) in [7, 11) is 1.77. The van der Waals surface area contributed by atoms with Crippen LogP contribution >= 0.6 is 34.7 Å². The van der Waals surface area contributed by atoms with Crippen LogP contribution in [0.25, 0.3) is 37.8 Å². The van der Waals surface area contributed by atoms with Crippen LogP contribution < -0.4 is 9.47 Å². The number of thioether (sulfide) groups is 1. The van der Waals surface area contributed by atoms with Gasteiger partial charge in [-0.05, 0) is 64.8 Å². The molecule has 1 aliphatic heterocycles. The first-order chi connectivity index (χ1) is 21.7. The Balaban J connectivity index is 1.21. The van der Waals surface area contributed by atoms with Crippen LogP contribution in [0, 0.1) is 0 Å². The normalized spacial score (nSPS) is 17.4. The average Bonchev–Trinajstić information content (AvgIpc) is 3.60. The second kappa shape index (κ2) is 12.9. The molecule has 5 aromatic rings. The second-order valence-electron chi connectivity index (χ2n) is 11.3. The Morgan fingerprint density at radius 2 is 1.68 bits per heavy atom. The Kier molecular flexibility index (Phi) is 8.64. The molecular weight excluding hydrogens is 600 g/mol. The molecule has 0 amide bonds. The van der Waals surface area contributed by atoms with E-state index < -0.39 is 0 Å². The number of aryl methyl sites for hydroxylation is 1. The van der Waals surface area contributed by atoms with Gasteiger partial charge in [-0.3, -0.25) is 0 Å². The number of hydrogen-bond donors (Lipinski definition) is 0. The Labute approximate surface area is 272 Å². The highest BCUT2D eigenvalue weighted by molar-refractivity contribution is 8.04. The van der Waals surface area contributed by atoms with E-state index in [0.29, 0.717) is 6.61 Å². The molecule has 0 saturated carbocycles. The van der Waals surface area contributed by atoms with Crippen LogP contribution in [-0.2, 0) is 11.3 Å². The van der Waals surface area contributed by atoms with Crippen molar-refractivity contribution in [3.8, 4) is 0 Å². The van der Waals surface area contributed by atoms with E-state index in [1.54, 1.807) is 7.11 Å². The molecule has 0 fully saturated rings. The van der Waals surface area contributed by atoms with E-state index in [2.05, 4.69) is 113 Å². The van der Waals surface area contributed by atoms with Crippen molar-refractivity contribution in [2.45, 2.75) is 44.0 Å². The highest BCUT2D eigenvalue weighted by Crippen LogP contribution is 2.49. The van der Waals surface area contributed by atoms with Crippen LogP contribution in [0.4, 0.5) is 5.69 Å². The van der Waals surface area contributed by atoms with Gasteiger partial charge < -0.3 is 9.64 Å². The number of benzene rings is 4. The maximum absolute atomic E-state index is 7.13. The third-order valence-electron chi connectivity index (χ3n) is 8.52. The van der Waals surface area contributed by atoms with Gasteiger partial charge in [0.05, 0.1) is 17.3 Å². The SMILES string of the molecule is CCC[n+]1c(C=CC2=C(Cl)C(=CC=C3Sc4c(ccc5ccccc45)N3CCOC)CCC2)sc2c3ccccc3ccc21. The number of thiazole rings is 1. The summed E-state index contributed by atoms with van der Waals surface area (Å²) in [5.41, 5.74) is 4.99. The van der Waals surface area contributed by atoms with Gasteiger partial charge in [-0.2, -0.15) is 4.57 Å². The van der Waals surface area contributed by atoms with Crippen molar-refractivity contribution >= 4 is 78.2 Å². The van der Waals surface area contributed by atoms with Gasteiger partial charge in [0.1, 0.15) is 11.2 Å². The van der Waals surface area contributed by atoms with E-state index >= 15 is 0 Å². The van der Waals surface area contributed by atoms with Gasteiger partial charge in [-0.15, -0.1) is 0 Å². The number of allylic oxidation sites excluding steroid dienone is 6. The third-order valence-corrected chi connectivity index (χ3v) is 11.4. The van der Waals surface area contributed by atoms with Crippen molar-refractivity contribution < 1.29 is 9.30 Å². The highest BCUT2D eigenvalue weighted by atomic mass is 35.5. The van der Waals surface area contributed by atoms with Gasteiger partial charge in [-0.25, -0.2) is 0 Å². The molecule has 222 valence electrons. The molecule has 2 heterocycles. The van der Waals surface area contributed by atoms with E-state index in [1.165, 1.54) is 63.5 Å². The number of fused-ring (bicyclic) bond motifs is 6. The van der Waals surface area contributed by atoms with Gasteiger partial charge in [0, 0.05) is 47.5 Å². The standard InChI is InChI=1S/C38H36ClN2OS2/c1-3-23-40-32-19-15-26-9-4-6-13-30(26)37(32)43-34(40)21-17-28-11-8-12-29(36(28)39)18-22-35-41(24-25-42-2)33-20-16-27-10-5-7-14-31(27)38(33)44-35/h4-7,9-10,13-22H,3,8,11-12,23-25H2,1-2H3/q+1. The summed E-state index contributed by atoms with van der Waals surface area (Å²) in [6.45, 7) is 4.72. The molecule has 4 aromatic carbocycles. The number of rotatable bonds is 8. The average molecular weight is 636 g/mol. The number of ether oxygens (including phenoxy) is 1. The molecule has 2 aliphatic rings. The first kappa shape index (κ1) is 29.4. The van der Waals surface area contributed by atoms with Crippen molar-refractivity contribution in [1.29, 1.82) is 0 Å². The van der Waals surface area contributed by atoms with Crippen LogP contribution in [-0.4, -0.2) is 20.3 Å². The maximum atomic E-state index is 7.13. The summed E-state index contributed by atoms with van der Waals surface area (Å²) >= 11 is 10.9. The first-order valence-electron chi connectivity index (χ1n) is 15.4. The summed E-state index contributed by atoms with van der Waals surface area (Å²) in [6, 6.07) is 26.3. The highest BCUT2D eigenvalue weighted by Gasteiger charge is 2.27. The zero-order valence-corrected chi connectivity index (χ0v) is 27.6. The number of aromatic nitrogens is 1. The zero-order chi connectivity index (χ0) is 30.0. The molecule has 0 bridgehead atoms. The van der Waals surface area contributed by atoms with Crippen LogP contribution in [0.15, 0.2) is 117 Å². The van der Waals surface area contributed by atoms with Gasteiger partial charge in [0.25, 0.3) is 5.01 Å².